The number of fused-ring (bicyclic) bond motifs is 1. The second kappa shape index (κ2) is 5.80. The highest BCUT2D eigenvalue weighted by molar-refractivity contribution is 5.92. The van der Waals surface area contributed by atoms with Crippen molar-refractivity contribution in [3.8, 4) is 11.5 Å². The lowest BCUT2D eigenvalue weighted by Crippen LogP contribution is -2.34. The van der Waals surface area contributed by atoms with E-state index in [1.165, 1.54) is 0 Å². The molecule has 0 atom stereocenters. The first-order valence-electron chi connectivity index (χ1n) is 7.52. The summed E-state index contributed by atoms with van der Waals surface area (Å²) in [4.78, 5) is 14.3. The second-order valence-electron chi connectivity index (χ2n) is 6.06. The molecule has 1 aliphatic carbocycles. The lowest BCUT2D eigenvalue weighted by atomic mass is 10.1. The van der Waals surface area contributed by atoms with Gasteiger partial charge in [-0.25, -0.2) is 0 Å². The molecule has 0 aromatic heterocycles. The third-order valence-corrected chi connectivity index (χ3v) is 3.65. The van der Waals surface area contributed by atoms with E-state index in [-0.39, 0.29) is 12.7 Å². The number of carbonyl (C=O) groups excluding carboxylic acids is 1. The molecule has 0 N–H and O–H groups in total. The third-order valence-electron chi connectivity index (χ3n) is 3.65. The van der Waals surface area contributed by atoms with Gasteiger partial charge < -0.3 is 14.4 Å². The molecule has 4 heteroatoms. The Balaban J connectivity index is 1.68. The van der Waals surface area contributed by atoms with Crippen molar-refractivity contribution in [1.82, 2.24) is 4.90 Å². The molecule has 2 aliphatic rings. The number of carbonyl (C=O) groups is 1. The highest BCUT2D eigenvalue weighted by Gasteiger charge is 2.31. The number of rotatable bonds is 5. The molecule has 0 spiro atoms. The average Bonchev–Trinajstić information content (AvgIpc) is 3.19. The highest BCUT2D eigenvalue weighted by atomic mass is 16.7. The summed E-state index contributed by atoms with van der Waals surface area (Å²) in [5.41, 5.74) is 0.952. The lowest BCUT2D eigenvalue weighted by Gasteiger charge is -2.22. The standard InChI is InChI=1S/C17H21NO3/c1-12(2)10-18(14-5-6-14)17(19)8-4-13-3-7-15-16(9-13)21-11-20-15/h3-4,7-9,12,14H,5-6,10-11H2,1-2H3/b8-4+. The molecule has 4 nitrogen and oxygen atoms in total. The van der Waals surface area contributed by atoms with Crippen molar-refractivity contribution in [3.05, 3.63) is 29.8 Å². The maximum atomic E-state index is 12.4. The van der Waals surface area contributed by atoms with Crippen molar-refractivity contribution < 1.29 is 14.3 Å². The highest BCUT2D eigenvalue weighted by Crippen LogP contribution is 2.33. The molecule has 21 heavy (non-hydrogen) atoms. The van der Waals surface area contributed by atoms with Gasteiger partial charge in [-0.15, -0.1) is 0 Å². The minimum atomic E-state index is 0.101. The molecular weight excluding hydrogens is 266 g/mol. The molecule has 1 aromatic carbocycles. The third kappa shape index (κ3) is 3.38. The van der Waals surface area contributed by atoms with Crippen molar-refractivity contribution in [2.24, 2.45) is 5.92 Å². The molecule has 112 valence electrons. The van der Waals surface area contributed by atoms with Gasteiger partial charge >= 0.3 is 0 Å². The van der Waals surface area contributed by atoms with E-state index in [2.05, 4.69) is 13.8 Å². The van der Waals surface area contributed by atoms with Gasteiger partial charge in [0.15, 0.2) is 11.5 Å². The largest absolute Gasteiger partial charge is 0.454 e. The first-order valence-corrected chi connectivity index (χ1v) is 7.52. The molecule has 1 fully saturated rings. The molecule has 3 rings (SSSR count). The minimum absolute atomic E-state index is 0.101. The van der Waals surface area contributed by atoms with E-state index >= 15 is 0 Å². The van der Waals surface area contributed by atoms with Gasteiger partial charge in [0.25, 0.3) is 0 Å². The Labute approximate surface area is 125 Å². The summed E-state index contributed by atoms with van der Waals surface area (Å²) in [6, 6.07) is 6.15. The molecule has 0 saturated heterocycles. The summed E-state index contributed by atoms with van der Waals surface area (Å²) in [5.74, 6) is 2.10. The SMILES string of the molecule is CC(C)CN(C(=O)/C=C/c1ccc2c(c1)OCO2)C1CC1. The monoisotopic (exact) mass is 287 g/mol. The Morgan fingerprint density at radius 2 is 2.10 bits per heavy atom. The molecular formula is C17H21NO3. The molecule has 1 heterocycles. The Bertz CT molecular complexity index is 561. The van der Waals surface area contributed by atoms with Crippen molar-refractivity contribution in [1.29, 1.82) is 0 Å². The summed E-state index contributed by atoms with van der Waals surface area (Å²) in [7, 11) is 0. The summed E-state index contributed by atoms with van der Waals surface area (Å²) in [5, 5.41) is 0. The van der Waals surface area contributed by atoms with Gasteiger partial charge in [-0.2, -0.15) is 0 Å². The lowest BCUT2D eigenvalue weighted by molar-refractivity contribution is -0.127. The van der Waals surface area contributed by atoms with Gasteiger partial charge in [0.05, 0.1) is 0 Å². The van der Waals surface area contributed by atoms with Gasteiger partial charge in [0, 0.05) is 18.7 Å². The maximum Gasteiger partial charge on any atom is 0.246 e. The predicted octanol–water partition coefficient (Wildman–Crippen LogP) is 3.08. The maximum absolute atomic E-state index is 12.4. The van der Waals surface area contributed by atoms with Gasteiger partial charge in [-0.1, -0.05) is 19.9 Å². The quantitative estimate of drug-likeness (QED) is 0.781. The van der Waals surface area contributed by atoms with Crippen LogP contribution in [0.1, 0.15) is 32.3 Å². The van der Waals surface area contributed by atoms with Gasteiger partial charge in [0.1, 0.15) is 0 Å². The molecule has 1 amide bonds. The van der Waals surface area contributed by atoms with Gasteiger partial charge in [-0.05, 0) is 42.5 Å². The van der Waals surface area contributed by atoms with Gasteiger partial charge in [0.2, 0.25) is 12.7 Å². The number of ether oxygens (including phenoxy) is 2. The Morgan fingerprint density at radius 3 is 2.81 bits per heavy atom. The zero-order valence-corrected chi connectivity index (χ0v) is 12.5. The van der Waals surface area contributed by atoms with Gasteiger partial charge in [-0.3, -0.25) is 4.79 Å². The molecule has 1 aliphatic heterocycles. The smallest absolute Gasteiger partial charge is 0.246 e. The van der Waals surface area contributed by atoms with Crippen LogP contribution in [0.3, 0.4) is 0 Å². The fourth-order valence-electron chi connectivity index (χ4n) is 2.48. The van der Waals surface area contributed by atoms with Crippen molar-refractivity contribution >= 4 is 12.0 Å². The predicted molar refractivity (Wildman–Crippen MR) is 81.2 cm³/mol. The summed E-state index contributed by atoms with van der Waals surface area (Å²) in [6.07, 6.45) is 5.78. The zero-order chi connectivity index (χ0) is 14.8. The summed E-state index contributed by atoms with van der Waals surface area (Å²) in [6.45, 7) is 5.38. The van der Waals surface area contributed by atoms with Crippen LogP contribution in [0.2, 0.25) is 0 Å². The van der Waals surface area contributed by atoms with Crippen LogP contribution >= 0.6 is 0 Å². The number of benzene rings is 1. The zero-order valence-electron chi connectivity index (χ0n) is 12.5. The van der Waals surface area contributed by atoms with E-state index in [1.807, 2.05) is 29.2 Å². The van der Waals surface area contributed by atoms with Crippen LogP contribution in [0, 0.1) is 5.92 Å². The first kappa shape index (κ1) is 14.0. The molecule has 0 unspecified atom stereocenters. The second-order valence-corrected chi connectivity index (χ2v) is 6.06. The normalized spacial score (nSPS) is 16.7. The van der Waals surface area contributed by atoms with E-state index in [0.717, 1.165) is 36.4 Å². The van der Waals surface area contributed by atoms with E-state index in [1.54, 1.807) is 6.08 Å². The van der Waals surface area contributed by atoms with Crippen molar-refractivity contribution in [3.63, 3.8) is 0 Å². The van der Waals surface area contributed by atoms with Crippen LogP contribution in [0.5, 0.6) is 11.5 Å². The fourth-order valence-corrected chi connectivity index (χ4v) is 2.48. The Kier molecular flexibility index (Phi) is 3.86. The molecule has 1 saturated carbocycles. The molecule has 1 aromatic rings. The topological polar surface area (TPSA) is 38.8 Å². The number of hydrogen-bond donors (Lipinski definition) is 0. The van der Waals surface area contributed by atoms with Crippen LogP contribution in [0.4, 0.5) is 0 Å². The van der Waals surface area contributed by atoms with E-state index in [9.17, 15) is 4.79 Å². The molecule has 0 radical (unpaired) electrons. The average molecular weight is 287 g/mol. The Hall–Kier alpha value is -1.97. The molecule has 0 bridgehead atoms. The number of amides is 1. The van der Waals surface area contributed by atoms with E-state index in [0.29, 0.717) is 12.0 Å². The van der Waals surface area contributed by atoms with E-state index in [4.69, 9.17) is 9.47 Å². The summed E-state index contributed by atoms with van der Waals surface area (Å²) < 4.78 is 10.6. The Morgan fingerprint density at radius 1 is 1.33 bits per heavy atom. The number of nitrogens with zero attached hydrogens (tertiary/aromatic N) is 1. The van der Waals surface area contributed by atoms with Crippen LogP contribution in [-0.4, -0.2) is 30.2 Å². The number of hydrogen-bond acceptors (Lipinski definition) is 3. The van der Waals surface area contributed by atoms with Crippen LogP contribution in [0.15, 0.2) is 24.3 Å². The first-order chi connectivity index (χ1) is 10.1. The fraction of sp³-hybridized carbons (Fsp3) is 0.471. The summed E-state index contributed by atoms with van der Waals surface area (Å²) >= 11 is 0. The van der Waals surface area contributed by atoms with Crippen molar-refractivity contribution in [2.45, 2.75) is 32.7 Å². The van der Waals surface area contributed by atoms with Crippen LogP contribution < -0.4 is 9.47 Å². The van der Waals surface area contributed by atoms with Crippen LogP contribution in [0.25, 0.3) is 6.08 Å². The minimum Gasteiger partial charge on any atom is -0.454 e. The van der Waals surface area contributed by atoms with Crippen molar-refractivity contribution in [2.75, 3.05) is 13.3 Å². The van der Waals surface area contributed by atoms with E-state index < -0.39 is 0 Å². The van der Waals surface area contributed by atoms with Crippen LogP contribution in [-0.2, 0) is 4.79 Å².